The van der Waals surface area contributed by atoms with Crippen molar-refractivity contribution in [2.75, 3.05) is 19.8 Å². The van der Waals surface area contributed by atoms with Gasteiger partial charge in [0.1, 0.15) is 0 Å². The summed E-state index contributed by atoms with van der Waals surface area (Å²) in [6, 6.07) is 0. The largest absolute Gasteiger partial charge is 0.318 e. The van der Waals surface area contributed by atoms with Gasteiger partial charge in [0.15, 0.2) is 0 Å². The minimum atomic E-state index is -3.30. The molecule has 0 saturated heterocycles. The summed E-state index contributed by atoms with van der Waals surface area (Å²) in [5.74, 6) is 0.717. The molecule has 1 rings (SSSR count). The van der Waals surface area contributed by atoms with Crippen molar-refractivity contribution in [3.05, 3.63) is 11.9 Å². The van der Waals surface area contributed by atoms with E-state index in [4.69, 9.17) is 0 Å². The normalized spacial score (nSPS) is 12.5. The number of unbranched alkanes of at least 4 members (excludes halogenated alkanes) is 1. The van der Waals surface area contributed by atoms with Gasteiger partial charge < -0.3 is 9.47 Å². The van der Waals surface area contributed by atoms with Crippen LogP contribution in [-0.2, 0) is 22.9 Å². The van der Waals surface area contributed by atoms with E-state index in [2.05, 4.69) is 25.8 Å². The van der Waals surface area contributed by atoms with E-state index in [9.17, 15) is 8.42 Å². The fourth-order valence-electron chi connectivity index (χ4n) is 2.42. The third-order valence-electron chi connectivity index (χ3n) is 3.59. The van der Waals surface area contributed by atoms with Crippen molar-refractivity contribution in [1.82, 2.24) is 14.5 Å². The Bertz CT molecular complexity index is 548. The summed E-state index contributed by atoms with van der Waals surface area (Å²) in [7, 11) is 0.662. The summed E-state index contributed by atoms with van der Waals surface area (Å²) in [5.41, 5.74) is 0.973. The highest BCUT2D eigenvalue weighted by atomic mass is 32.2. The van der Waals surface area contributed by atoms with Crippen LogP contribution in [0, 0.1) is 5.92 Å². The van der Waals surface area contributed by atoms with Gasteiger partial charge in [-0.25, -0.2) is 13.4 Å². The number of aromatic nitrogens is 2. The maximum Gasteiger partial charge on any atom is 0.227 e. The molecule has 0 atom stereocenters. The van der Waals surface area contributed by atoms with E-state index in [1.54, 1.807) is 6.20 Å². The van der Waals surface area contributed by atoms with Gasteiger partial charge >= 0.3 is 0 Å². The summed E-state index contributed by atoms with van der Waals surface area (Å²) in [4.78, 5) is 6.28. The second kappa shape index (κ2) is 8.67. The molecule has 0 unspecified atom stereocenters. The lowest BCUT2D eigenvalue weighted by Gasteiger charge is -2.15. The Morgan fingerprint density at radius 1 is 1.27 bits per heavy atom. The van der Waals surface area contributed by atoms with Crippen molar-refractivity contribution in [2.24, 2.45) is 5.92 Å². The number of sulfone groups is 1. The number of nitrogens with zero attached hydrogens (tertiary/aromatic N) is 3. The Hall–Kier alpha value is -0.880. The average molecular weight is 330 g/mol. The first-order chi connectivity index (χ1) is 10.3. The predicted molar refractivity (Wildman–Crippen MR) is 90.7 cm³/mol. The molecule has 0 bridgehead atoms. The molecule has 5 nitrogen and oxygen atoms in total. The maximum absolute atomic E-state index is 12.6. The maximum atomic E-state index is 12.6. The lowest BCUT2D eigenvalue weighted by molar-refractivity contribution is 0.381. The molecule has 0 amide bonds. The molecule has 0 radical (unpaired) electrons. The zero-order valence-corrected chi connectivity index (χ0v) is 15.5. The zero-order chi connectivity index (χ0) is 16.8. The van der Waals surface area contributed by atoms with Crippen LogP contribution in [0.5, 0.6) is 0 Å². The summed E-state index contributed by atoms with van der Waals surface area (Å²) >= 11 is 0. The summed E-state index contributed by atoms with van der Waals surface area (Å²) in [6.07, 6.45) is 5.34. The summed E-state index contributed by atoms with van der Waals surface area (Å²) in [6.45, 7) is 7.77. The van der Waals surface area contributed by atoms with Crippen LogP contribution in [0.3, 0.4) is 0 Å². The Balaban J connectivity index is 2.98. The van der Waals surface area contributed by atoms with Crippen molar-refractivity contribution in [3.63, 3.8) is 0 Å². The van der Waals surface area contributed by atoms with Crippen molar-refractivity contribution in [1.29, 1.82) is 0 Å². The van der Waals surface area contributed by atoms with Crippen LogP contribution in [0.4, 0.5) is 0 Å². The van der Waals surface area contributed by atoms with Gasteiger partial charge in [-0.15, -0.1) is 0 Å². The molecule has 0 aliphatic rings. The van der Waals surface area contributed by atoms with Gasteiger partial charge in [0.2, 0.25) is 15.0 Å². The highest BCUT2D eigenvalue weighted by molar-refractivity contribution is 7.91. The van der Waals surface area contributed by atoms with Gasteiger partial charge in [0.05, 0.1) is 17.6 Å². The highest BCUT2D eigenvalue weighted by Crippen LogP contribution is 2.17. The van der Waals surface area contributed by atoms with E-state index in [1.807, 2.05) is 23.6 Å². The fraction of sp³-hybridized carbons (Fsp3) is 0.812. The van der Waals surface area contributed by atoms with Gasteiger partial charge in [-0.3, -0.25) is 0 Å². The number of rotatable bonds is 10. The van der Waals surface area contributed by atoms with Crippen molar-refractivity contribution < 1.29 is 8.42 Å². The zero-order valence-electron chi connectivity index (χ0n) is 14.7. The van der Waals surface area contributed by atoms with Gasteiger partial charge in [-0.05, 0) is 39.3 Å². The second-order valence-electron chi connectivity index (χ2n) is 6.63. The van der Waals surface area contributed by atoms with Crippen LogP contribution in [0.2, 0.25) is 0 Å². The summed E-state index contributed by atoms with van der Waals surface area (Å²) < 4.78 is 27.1. The molecule has 1 aromatic rings. The molecule has 1 aromatic heterocycles. The van der Waals surface area contributed by atoms with Crippen LogP contribution in [0.15, 0.2) is 11.4 Å². The lowest BCUT2D eigenvalue weighted by Crippen LogP contribution is -2.19. The van der Waals surface area contributed by atoms with Crippen LogP contribution in [0.25, 0.3) is 0 Å². The first-order valence-electron chi connectivity index (χ1n) is 8.19. The topological polar surface area (TPSA) is 55.2 Å². The summed E-state index contributed by atoms with van der Waals surface area (Å²) in [5, 5.41) is 0.251. The minimum Gasteiger partial charge on any atom is -0.318 e. The Morgan fingerprint density at radius 2 is 1.95 bits per heavy atom. The average Bonchev–Trinajstić information content (AvgIpc) is 2.78. The van der Waals surface area contributed by atoms with Crippen LogP contribution < -0.4 is 0 Å². The van der Waals surface area contributed by atoms with Crippen LogP contribution in [-0.4, -0.2) is 42.7 Å². The van der Waals surface area contributed by atoms with E-state index in [0.717, 1.165) is 31.5 Å². The monoisotopic (exact) mass is 329 g/mol. The number of hydrogen-bond acceptors (Lipinski definition) is 4. The third kappa shape index (κ3) is 5.72. The molecule has 6 heteroatoms. The SMILES string of the molecule is CCCCn1c(CN(C)C)cnc1S(=O)(=O)CCCC(C)C. The quantitative estimate of drug-likeness (QED) is 0.662. The Morgan fingerprint density at radius 3 is 2.50 bits per heavy atom. The molecule has 0 fully saturated rings. The second-order valence-corrected chi connectivity index (χ2v) is 8.63. The van der Waals surface area contributed by atoms with Gasteiger partial charge in [0, 0.05) is 13.1 Å². The molecule has 1 heterocycles. The van der Waals surface area contributed by atoms with Crippen molar-refractivity contribution >= 4 is 9.84 Å². The minimum absolute atomic E-state index is 0.190. The molecule has 0 aliphatic heterocycles. The first-order valence-corrected chi connectivity index (χ1v) is 9.85. The van der Waals surface area contributed by atoms with Gasteiger partial charge in [-0.2, -0.15) is 0 Å². The molecule has 22 heavy (non-hydrogen) atoms. The van der Waals surface area contributed by atoms with E-state index in [0.29, 0.717) is 18.9 Å². The van der Waals surface area contributed by atoms with E-state index >= 15 is 0 Å². The van der Waals surface area contributed by atoms with E-state index in [1.165, 1.54) is 0 Å². The molecule has 0 saturated carbocycles. The molecule has 0 spiro atoms. The molecular weight excluding hydrogens is 298 g/mol. The van der Waals surface area contributed by atoms with Crippen molar-refractivity contribution in [2.45, 2.75) is 64.7 Å². The molecule has 0 aliphatic carbocycles. The Labute approximate surface area is 135 Å². The van der Waals surface area contributed by atoms with E-state index < -0.39 is 9.84 Å². The first kappa shape index (κ1) is 19.2. The highest BCUT2D eigenvalue weighted by Gasteiger charge is 2.23. The third-order valence-corrected chi connectivity index (χ3v) is 5.30. The smallest absolute Gasteiger partial charge is 0.227 e. The van der Waals surface area contributed by atoms with Crippen LogP contribution in [0.1, 0.15) is 52.1 Å². The molecule has 0 N–H and O–H groups in total. The number of imidazole rings is 1. The lowest BCUT2D eigenvalue weighted by atomic mass is 10.1. The van der Waals surface area contributed by atoms with Crippen molar-refractivity contribution in [3.8, 4) is 0 Å². The fourth-order valence-corrected chi connectivity index (χ4v) is 3.91. The standard InChI is InChI=1S/C16H31N3O2S/c1-6-7-10-19-15(13-18(4)5)12-17-16(19)22(20,21)11-8-9-14(2)3/h12,14H,6-11,13H2,1-5H3. The Kier molecular flexibility index (Phi) is 7.56. The van der Waals surface area contributed by atoms with E-state index in [-0.39, 0.29) is 10.9 Å². The molecule has 0 aromatic carbocycles. The predicted octanol–water partition coefficient (Wildman–Crippen LogP) is 2.95. The molecule has 128 valence electrons. The molecular formula is C16H31N3O2S. The van der Waals surface area contributed by atoms with Crippen LogP contribution >= 0.6 is 0 Å². The number of hydrogen-bond donors (Lipinski definition) is 0. The van der Waals surface area contributed by atoms with Gasteiger partial charge in [-0.1, -0.05) is 27.2 Å². The van der Waals surface area contributed by atoms with Gasteiger partial charge in [0.25, 0.3) is 0 Å².